The zero-order valence-corrected chi connectivity index (χ0v) is 16.8. The number of ether oxygens (including phenoxy) is 1. The Balaban J connectivity index is 1.84. The van der Waals surface area contributed by atoms with Gasteiger partial charge in [0, 0.05) is 30.3 Å². The van der Waals surface area contributed by atoms with Gasteiger partial charge in [-0.25, -0.2) is 9.50 Å². The first-order chi connectivity index (χ1) is 12.7. The summed E-state index contributed by atoms with van der Waals surface area (Å²) in [6.45, 7) is 11.4. The maximum absolute atomic E-state index is 13.1. The number of carbonyl (C=O) groups excluding carboxylic acids is 2. The number of hydrogen-bond acceptors (Lipinski definition) is 5. The number of aryl methyl sites for hydroxylation is 1. The second-order valence-corrected chi connectivity index (χ2v) is 8.15. The molecule has 2 aromatic rings. The van der Waals surface area contributed by atoms with E-state index in [1.54, 1.807) is 15.5 Å². The summed E-state index contributed by atoms with van der Waals surface area (Å²) in [6.07, 6.45) is 1.26. The minimum absolute atomic E-state index is 0.0728. The molecule has 1 aliphatic heterocycles. The largest absolute Gasteiger partial charge is 0.466 e. The Kier molecular flexibility index (Phi) is 5.22. The highest BCUT2D eigenvalue weighted by atomic mass is 16.5. The molecule has 0 aliphatic carbocycles. The van der Waals surface area contributed by atoms with E-state index in [9.17, 15) is 9.59 Å². The van der Waals surface area contributed by atoms with Crippen molar-refractivity contribution in [3.63, 3.8) is 0 Å². The summed E-state index contributed by atoms with van der Waals surface area (Å²) in [7, 11) is 0. The van der Waals surface area contributed by atoms with Gasteiger partial charge in [-0.15, -0.1) is 0 Å². The topological polar surface area (TPSA) is 76.8 Å². The first-order valence-electron chi connectivity index (χ1n) is 9.54. The fourth-order valence-corrected chi connectivity index (χ4v) is 3.36. The van der Waals surface area contributed by atoms with E-state index in [4.69, 9.17) is 4.74 Å². The van der Waals surface area contributed by atoms with Gasteiger partial charge in [-0.05, 0) is 32.8 Å². The predicted octanol–water partition coefficient (Wildman–Crippen LogP) is 2.75. The molecule has 146 valence electrons. The number of aromatic nitrogens is 3. The average Bonchev–Trinajstić information content (AvgIpc) is 3.05. The average molecular weight is 372 g/mol. The maximum Gasteiger partial charge on any atom is 0.309 e. The molecule has 0 saturated carbocycles. The number of likely N-dealkylation sites (tertiary alicyclic amines) is 1. The van der Waals surface area contributed by atoms with E-state index in [0.717, 1.165) is 11.4 Å². The number of fused-ring (bicyclic) bond motifs is 1. The smallest absolute Gasteiger partial charge is 0.309 e. The van der Waals surface area contributed by atoms with Gasteiger partial charge in [-0.1, -0.05) is 20.8 Å². The van der Waals surface area contributed by atoms with Crippen LogP contribution in [0.4, 0.5) is 0 Å². The maximum atomic E-state index is 13.1. The predicted molar refractivity (Wildman–Crippen MR) is 102 cm³/mol. The Morgan fingerprint density at radius 1 is 1.22 bits per heavy atom. The molecule has 27 heavy (non-hydrogen) atoms. The monoisotopic (exact) mass is 372 g/mol. The van der Waals surface area contributed by atoms with E-state index in [1.165, 1.54) is 0 Å². The van der Waals surface area contributed by atoms with Crippen molar-refractivity contribution >= 4 is 17.5 Å². The van der Waals surface area contributed by atoms with Crippen molar-refractivity contribution in [3.8, 4) is 0 Å². The number of piperidine rings is 1. The third-order valence-corrected chi connectivity index (χ3v) is 4.94. The van der Waals surface area contributed by atoms with Crippen molar-refractivity contribution < 1.29 is 14.3 Å². The Morgan fingerprint density at radius 3 is 2.48 bits per heavy atom. The molecular weight excluding hydrogens is 344 g/mol. The third-order valence-electron chi connectivity index (χ3n) is 4.94. The van der Waals surface area contributed by atoms with Crippen LogP contribution in [0.2, 0.25) is 0 Å². The summed E-state index contributed by atoms with van der Waals surface area (Å²) < 4.78 is 6.75. The zero-order chi connectivity index (χ0) is 19.8. The van der Waals surface area contributed by atoms with E-state index in [1.807, 2.05) is 19.9 Å². The summed E-state index contributed by atoms with van der Waals surface area (Å²) in [5.74, 6) is -0.351. The van der Waals surface area contributed by atoms with Crippen LogP contribution < -0.4 is 0 Å². The Labute approximate surface area is 159 Å². The Bertz CT molecular complexity index is 858. The van der Waals surface area contributed by atoms with Crippen molar-refractivity contribution in [1.29, 1.82) is 0 Å². The van der Waals surface area contributed by atoms with Gasteiger partial charge in [0.05, 0.1) is 18.2 Å². The molecule has 1 fully saturated rings. The number of hydrogen-bond donors (Lipinski definition) is 0. The molecule has 1 amide bonds. The molecule has 3 heterocycles. The van der Waals surface area contributed by atoms with Crippen LogP contribution in [0.5, 0.6) is 0 Å². The lowest BCUT2D eigenvalue weighted by molar-refractivity contribution is -0.149. The van der Waals surface area contributed by atoms with E-state index in [2.05, 4.69) is 30.9 Å². The molecule has 3 rings (SSSR count). The number of nitrogens with zero attached hydrogens (tertiary/aromatic N) is 4. The number of amides is 1. The van der Waals surface area contributed by atoms with Gasteiger partial charge in [0.25, 0.3) is 5.91 Å². The van der Waals surface area contributed by atoms with E-state index >= 15 is 0 Å². The fraction of sp³-hybridized carbons (Fsp3) is 0.600. The normalized spacial score (nSPS) is 16.0. The second-order valence-electron chi connectivity index (χ2n) is 8.15. The lowest BCUT2D eigenvalue weighted by Crippen LogP contribution is -2.41. The van der Waals surface area contributed by atoms with Crippen LogP contribution in [0, 0.1) is 12.8 Å². The summed E-state index contributed by atoms with van der Waals surface area (Å²) in [5.41, 5.74) is 2.76. The van der Waals surface area contributed by atoms with Gasteiger partial charge in [0.1, 0.15) is 5.69 Å². The third kappa shape index (κ3) is 3.96. The molecule has 0 N–H and O–H groups in total. The van der Waals surface area contributed by atoms with Crippen LogP contribution in [0.15, 0.2) is 12.1 Å². The molecule has 0 atom stereocenters. The fourth-order valence-electron chi connectivity index (χ4n) is 3.36. The summed E-state index contributed by atoms with van der Waals surface area (Å²) in [6, 6.07) is 3.73. The van der Waals surface area contributed by atoms with E-state index < -0.39 is 0 Å². The molecule has 7 heteroatoms. The number of esters is 1. The minimum atomic E-state index is -0.159. The first kappa shape index (κ1) is 19.3. The quantitative estimate of drug-likeness (QED) is 0.774. The van der Waals surface area contributed by atoms with Gasteiger partial charge in [-0.2, -0.15) is 5.10 Å². The van der Waals surface area contributed by atoms with Crippen LogP contribution in [0.25, 0.3) is 5.65 Å². The van der Waals surface area contributed by atoms with Gasteiger partial charge in [-0.3, -0.25) is 9.59 Å². The Morgan fingerprint density at radius 2 is 1.89 bits per heavy atom. The zero-order valence-electron chi connectivity index (χ0n) is 16.8. The van der Waals surface area contributed by atoms with Crippen molar-refractivity contribution in [2.24, 2.45) is 5.92 Å². The summed E-state index contributed by atoms with van der Waals surface area (Å²) in [4.78, 5) is 31.4. The minimum Gasteiger partial charge on any atom is -0.466 e. The Hall–Kier alpha value is -2.44. The summed E-state index contributed by atoms with van der Waals surface area (Å²) >= 11 is 0. The molecule has 1 aliphatic rings. The second kappa shape index (κ2) is 7.29. The van der Waals surface area contributed by atoms with E-state index in [0.29, 0.717) is 43.9 Å². The van der Waals surface area contributed by atoms with Crippen molar-refractivity contribution in [1.82, 2.24) is 19.5 Å². The van der Waals surface area contributed by atoms with Gasteiger partial charge < -0.3 is 9.64 Å². The van der Waals surface area contributed by atoms with Gasteiger partial charge >= 0.3 is 5.97 Å². The van der Waals surface area contributed by atoms with Crippen LogP contribution >= 0.6 is 0 Å². The SMILES string of the molecule is CCOC(=O)C1CCN(C(=O)c2cc(C)nc3cc(C(C)(C)C)nn23)CC1. The molecule has 7 nitrogen and oxygen atoms in total. The lowest BCUT2D eigenvalue weighted by atomic mass is 9.93. The standard InChI is InChI=1S/C20H28N4O3/c1-6-27-19(26)14-7-9-23(10-8-14)18(25)15-11-13(2)21-17-12-16(20(3,4)5)22-24(15)17/h11-12,14H,6-10H2,1-5H3. The molecule has 0 spiro atoms. The van der Waals surface area contributed by atoms with Crippen LogP contribution in [-0.4, -0.2) is 51.1 Å². The van der Waals surface area contributed by atoms with Gasteiger partial charge in [0.15, 0.2) is 5.65 Å². The lowest BCUT2D eigenvalue weighted by Gasteiger charge is -2.31. The molecule has 0 bridgehead atoms. The van der Waals surface area contributed by atoms with Crippen molar-refractivity contribution in [2.75, 3.05) is 19.7 Å². The van der Waals surface area contributed by atoms with Crippen molar-refractivity contribution in [3.05, 3.63) is 29.2 Å². The molecule has 0 aromatic carbocycles. The summed E-state index contributed by atoms with van der Waals surface area (Å²) in [5, 5.41) is 4.64. The number of rotatable bonds is 3. The van der Waals surface area contributed by atoms with Crippen molar-refractivity contribution in [2.45, 2.75) is 52.9 Å². The van der Waals surface area contributed by atoms with Crippen LogP contribution in [-0.2, 0) is 14.9 Å². The van der Waals surface area contributed by atoms with Crippen LogP contribution in [0.3, 0.4) is 0 Å². The molecule has 1 saturated heterocycles. The first-order valence-corrected chi connectivity index (χ1v) is 9.54. The molecule has 2 aromatic heterocycles. The highest BCUT2D eigenvalue weighted by Gasteiger charge is 2.30. The number of carbonyl (C=O) groups is 2. The van der Waals surface area contributed by atoms with Crippen LogP contribution in [0.1, 0.15) is 62.4 Å². The van der Waals surface area contributed by atoms with Gasteiger partial charge in [0.2, 0.25) is 0 Å². The highest BCUT2D eigenvalue weighted by molar-refractivity contribution is 5.93. The highest BCUT2D eigenvalue weighted by Crippen LogP contribution is 2.24. The molecular formula is C20H28N4O3. The molecule has 0 radical (unpaired) electrons. The van der Waals surface area contributed by atoms with E-state index in [-0.39, 0.29) is 23.2 Å². The molecule has 0 unspecified atom stereocenters.